The van der Waals surface area contributed by atoms with Crippen molar-refractivity contribution in [2.24, 2.45) is 0 Å². The fraction of sp³-hybridized carbons (Fsp3) is 0.192. The minimum atomic E-state index is -0.548. The lowest BCUT2D eigenvalue weighted by molar-refractivity contribution is 0.0734. The first-order valence-corrected chi connectivity index (χ1v) is 10.5. The van der Waals surface area contributed by atoms with Crippen molar-refractivity contribution in [3.63, 3.8) is 0 Å². The largest absolute Gasteiger partial charge is 0.332 e. The van der Waals surface area contributed by atoms with Crippen molar-refractivity contribution in [2.75, 3.05) is 7.05 Å². The van der Waals surface area contributed by atoms with E-state index >= 15 is 0 Å². The molecule has 0 aliphatic rings. The predicted molar refractivity (Wildman–Crippen MR) is 124 cm³/mol. The van der Waals surface area contributed by atoms with Gasteiger partial charge in [0.15, 0.2) is 0 Å². The number of hydrogen-bond donors (Lipinski definition) is 0. The number of rotatable bonds is 5. The maximum atomic E-state index is 13.7. The molecule has 0 saturated heterocycles. The van der Waals surface area contributed by atoms with Crippen molar-refractivity contribution in [2.45, 2.75) is 26.3 Å². The Hall–Kier alpha value is -3.80. The molecule has 0 aliphatic carbocycles. The van der Waals surface area contributed by atoms with Crippen LogP contribution in [0.3, 0.4) is 0 Å². The fourth-order valence-electron chi connectivity index (χ4n) is 3.87. The Morgan fingerprint density at radius 1 is 1.06 bits per heavy atom. The van der Waals surface area contributed by atoms with Gasteiger partial charge in [-0.2, -0.15) is 0 Å². The minimum absolute atomic E-state index is 0.190. The van der Waals surface area contributed by atoms with E-state index in [2.05, 4.69) is 0 Å². The first-order valence-electron chi connectivity index (χ1n) is 10.5. The van der Waals surface area contributed by atoms with E-state index in [1.807, 2.05) is 50.2 Å². The van der Waals surface area contributed by atoms with Crippen LogP contribution in [0.2, 0.25) is 0 Å². The van der Waals surface area contributed by atoms with E-state index in [0.717, 1.165) is 17.7 Å². The summed E-state index contributed by atoms with van der Waals surface area (Å²) in [5.74, 6) is -0.383. The van der Waals surface area contributed by atoms with E-state index in [0.29, 0.717) is 16.7 Å². The molecule has 1 amide bonds. The summed E-state index contributed by atoms with van der Waals surface area (Å²) in [6.45, 7) is 3.85. The second-order valence-electron chi connectivity index (χ2n) is 7.71. The van der Waals surface area contributed by atoms with Crippen LogP contribution in [0.1, 0.15) is 41.6 Å². The van der Waals surface area contributed by atoms with Gasteiger partial charge < -0.3 is 4.90 Å². The van der Waals surface area contributed by atoms with Crippen molar-refractivity contribution in [1.82, 2.24) is 14.5 Å². The quantitative estimate of drug-likeness (QED) is 0.452. The molecule has 1 aromatic heterocycles. The van der Waals surface area contributed by atoms with E-state index in [-0.39, 0.29) is 17.0 Å². The fourth-order valence-corrected chi connectivity index (χ4v) is 3.87. The number of carbonyl (C=O) groups excluding carboxylic acids is 1. The molecular weight excluding hydrogens is 405 g/mol. The number of hydrogen-bond acceptors (Lipinski definition) is 3. The predicted octanol–water partition coefficient (Wildman–Crippen LogP) is 4.92. The monoisotopic (exact) mass is 429 g/mol. The van der Waals surface area contributed by atoms with Gasteiger partial charge in [-0.15, -0.1) is 0 Å². The molecule has 32 heavy (non-hydrogen) atoms. The number of para-hydroxylation sites is 2. The number of fused-ring (bicyclic) bond motifs is 1. The standard InChI is InChI=1S/C26H24FN3O2/c1-4-18-10-5-8-15-23(18)30-24(28-22-14-7-6-13-21(22)26(30)32)17(2)29(3)25(31)19-11-9-12-20(27)16-19/h5-17H,4H2,1-3H3. The second-order valence-corrected chi connectivity index (χ2v) is 7.71. The van der Waals surface area contributed by atoms with E-state index < -0.39 is 11.9 Å². The van der Waals surface area contributed by atoms with Gasteiger partial charge in [-0.3, -0.25) is 14.2 Å². The number of amides is 1. The smallest absolute Gasteiger partial charge is 0.266 e. The van der Waals surface area contributed by atoms with Crippen molar-refractivity contribution in [3.05, 3.63) is 106 Å². The van der Waals surface area contributed by atoms with E-state index in [1.165, 1.54) is 23.1 Å². The molecule has 3 aromatic carbocycles. The van der Waals surface area contributed by atoms with Gasteiger partial charge in [0.05, 0.1) is 22.6 Å². The zero-order valence-electron chi connectivity index (χ0n) is 18.2. The maximum absolute atomic E-state index is 13.7. The van der Waals surface area contributed by atoms with Crippen LogP contribution in [0.4, 0.5) is 4.39 Å². The highest BCUT2D eigenvalue weighted by Crippen LogP contribution is 2.25. The third kappa shape index (κ3) is 3.80. The highest BCUT2D eigenvalue weighted by Gasteiger charge is 2.25. The SMILES string of the molecule is CCc1ccccc1-n1c(C(C)N(C)C(=O)c2cccc(F)c2)nc2ccccc2c1=O. The molecule has 0 N–H and O–H groups in total. The van der Waals surface area contributed by atoms with Gasteiger partial charge >= 0.3 is 0 Å². The number of carbonyl (C=O) groups is 1. The topological polar surface area (TPSA) is 55.2 Å². The van der Waals surface area contributed by atoms with Crippen molar-refractivity contribution < 1.29 is 9.18 Å². The minimum Gasteiger partial charge on any atom is -0.332 e. The van der Waals surface area contributed by atoms with Crippen LogP contribution in [0.15, 0.2) is 77.6 Å². The van der Waals surface area contributed by atoms with Crippen LogP contribution in [0.5, 0.6) is 0 Å². The summed E-state index contributed by atoms with van der Waals surface area (Å²) in [5, 5.41) is 0.508. The van der Waals surface area contributed by atoms with Crippen LogP contribution in [-0.2, 0) is 6.42 Å². The van der Waals surface area contributed by atoms with Crippen LogP contribution >= 0.6 is 0 Å². The Kier molecular flexibility index (Phi) is 5.86. The van der Waals surface area contributed by atoms with Crippen LogP contribution < -0.4 is 5.56 Å². The molecule has 0 bridgehead atoms. The molecular formula is C26H24FN3O2. The first kappa shape index (κ1) is 21.4. The molecule has 0 saturated carbocycles. The van der Waals surface area contributed by atoms with Crippen LogP contribution in [-0.4, -0.2) is 27.4 Å². The number of aromatic nitrogens is 2. The van der Waals surface area contributed by atoms with Crippen molar-refractivity contribution >= 4 is 16.8 Å². The molecule has 6 heteroatoms. The lowest BCUT2D eigenvalue weighted by Gasteiger charge is -2.27. The Balaban J connectivity index is 1.91. The number of nitrogens with zero attached hydrogens (tertiary/aromatic N) is 3. The number of halogens is 1. The number of aryl methyl sites for hydroxylation is 1. The summed E-state index contributed by atoms with van der Waals surface area (Å²) < 4.78 is 15.3. The lowest BCUT2D eigenvalue weighted by atomic mass is 10.1. The van der Waals surface area contributed by atoms with E-state index in [1.54, 1.807) is 29.8 Å². The molecule has 0 fully saturated rings. The molecule has 4 rings (SSSR count). The molecule has 162 valence electrons. The second kappa shape index (κ2) is 8.75. The van der Waals surface area contributed by atoms with E-state index in [9.17, 15) is 14.0 Å². The van der Waals surface area contributed by atoms with E-state index in [4.69, 9.17) is 4.98 Å². The van der Waals surface area contributed by atoms with Gasteiger partial charge in [-0.25, -0.2) is 9.37 Å². The lowest BCUT2D eigenvalue weighted by Crippen LogP contribution is -2.35. The van der Waals surface area contributed by atoms with Gasteiger partial charge in [0, 0.05) is 12.6 Å². The normalized spacial score (nSPS) is 12.0. The number of benzene rings is 3. The Bertz CT molecular complexity index is 1360. The highest BCUT2D eigenvalue weighted by atomic mass is 19.1. The van der Waals surface area contributed by atoms with Crippen molar-refractivity contribution in [3.8, 4) is 5.69 Å². The summed E-state index contributed by atoms with van der Waals surface area (Å²) >= 11 is 0. The molecule has 1 heterocycles. The van der Waals surface area contributed by atoms with Gasteiger partial charge in [0.25, 0.3) is 11.5 Å². The zero-order valence-corrected chi connectivity index (χ0v) is 18.2. The zero-order chi connectivity index (χ0) is 22.8. The van der Waals surface area contributed by atoms with Crippen molar-refractivity contribution in [1.29, 1.82) is 0 Å². The van der Waals surface area contributed by atoms with Gasteiger partial charge in [0.1, 0.15) is 11.6 Å². The molecule has 4 aromatic rings. The Morgan fingerprint density at radius 2 is 1.78 bits per heavy atom. The summed E-state index contributed by atoms with van der Waals surface area (Å²) in [4.78, 5) is 33.0. The summed E-state index contributed by atoms with van der Waals surface area (Å²) in [6, 6.07) is 19.9. The average Bonchev–Trinajstić information content (AvgIpc) is 2.82. The molecule has 1 unspecified atom stereocenters. The Morgan fingerprint density at radius 3 is 2.53 bits per heavy atom. The molecule has 5 nitrogen and oxygen atoms in total. The van der Waals surface area contributed by atoms with Crippen LogP contribution in [0.25, 0.3) is 16.6 Å². The Labute approximate surface area is 185 Å². The molecule has 1 atom stereocenters. The molecule has 0 aliphatic heterocycles. The summed E-state index contributed by atoms with van der Waals surface area (Å²) in [7, 11) is 1.63. The van der Waals surface area contributed by atoms with Gasteiger partial charge in [-0.05, 0) is 55.3 Å². The highest BCUT2D eigenvalue weighted by molar-refractivity contribution is 5.94. The average molecular weight is 429 g/mol. The summed E-state index contributed by atoms with van der Waals surface area (Å²) in [6.07, 6.45) is 0.737. The third-order valence-corrected chi connectivity index (χ3v) is 5.76. The van der Waals surface area contributed by atoms with Gasteiger partial charge in [0.2, 0.25) is 0 Å². The molecule has 0 spiro atoms. The molecule has 0 radical (unpaired) electrons. The maximum Gasteiger partial charge on any atom is 0.266 e. The summed E-state index contributed by atoms with van der Waals surface area (Å²) in [5.41, 5.74) is 2.36. The van der Waals surface area contributed by atoms with Crippen LogP contribution in [0, 0.1) is 5.82 Å². The third-order valence-electron chi connectivity index (χ3n) is 5.76. The first-order chi connectivity index (χ1) is 15.4. The van der Waals surface area contributed by atoms with Gasteiger partial charge in [-0.1, -0.05) is 43.3 Å².